The van der Waals surface area contributed by atoms with Gasteiger partial charge in [-0.2, -0.15) is 0 Å². The Kier molecular flexibility index (Phi) is 6.58. The molecule has 0 bridgehead atoms. The van der Waals surface area contributed by atoms with Crippen LogP contribution in [0.2, 0.25) is 0 Å². The predicted octanol–water partition coefficient (Wildman–Crippen LogP) is 4.33. The summed E-state index contributed by atoms with van der Waals surface area (Å²) >= 11 is 0. The van der Waals surface area contributed by atoms with Crippen molar-refractivity contribution in [3.8, 4) is 0 Å². The Bertz CT molecular complexity index is 1480. The van der Waals surface area contributed by atoms with E-state index >= 15 is 0 Å². The van der Waals surface area contributed by atoms with Gasteiger partial charge in [-0.15, -0.1) is 5.10 Å². The van der Waals surface area contributed by atoms with Crippen LogP contribution in [0.3, 0.4) is 0 Å². The molecule has 1 atom stereocenters. The monoisotopic (exact) mass is 503 g/mol. The molecule has 5 rings (SSSR count). The number of pyridine rings is 1. The molecular formula is C28H34FN7O. The molecule has 2 aromatic heterocycles. The second kappa shape index (κ2) is 9.70. The normalized spacial score (nSPS) is 15.9. The first kappa shape index (κ1) is 25.1. The minimum Gasteiger partial charge on any atom is -0.367 e. The summed E-state index contributed by atoms with van der Waals surface area (Å²) in [5, 5.41) is 13.8. The molecule has 0 spiro atoms. The van der Waals surface area contributed by atoms with Crippen molar-refractivity contribution in [1.82, 2.24) is 30.1 Å². The number of nitrogens with zero attached hydrogens (tertiary/aromatic N) is 6. The first-order valence-corrected chi connectivity index (χ1v) is 12.9. The smallest absolute Gasteiger partial charge is 0.253 e. The van der Waals surface area contributed by atoms with Crippen LogP contribution in [0, 0.1) is 19.7 Å². The summed E-state index contributed by atoms with van der Waals surface area (Å²) in [6, 6.07) is 12.5. The molecule has 3 heterocycles. The Morgan fingerprint density at radius 2 is 1.76 bits per heavy atom. The van der Waals surface area contributed by atoms with Crippen LogP contribution in [0.5, 0.6) is 0 Å². The fourth-order valence-corrected chi connectivity index (χ4v) is 5.07. The molecule has 9 heteroatoms. The van der Waals surface area contributed by atoms with Gasteiger partial charge in [0.05, 0.1) is 11.2 Å². The highest BCUT2D eigenvalue weighted by molar-refractivity contribution is 5.81. The average Bonchev–Trinajstić information content (AvgIpc) is 3.37. The molecule has 1 saturated heterocycles. The first-order chi connectivity index (χ1) is 17.7. The molecule has 1 fully saturated rings. The minimum atomic E-state index is -0.446. The largest absolute Gasteiger partial charge is 0.367 e. The number of rotatable bonds is 6. The zero-order valence-corrected chi connectivity index (χ0v) is 22.1. The van der Waals surface area contributed by atoms with E-state index in [2.05, 4.69) is 64.1 Å². The van der Waals surface area contributed by atoms with Crippen LogP contribution in [0.1, 0.15) is 55.7 Å². The van der Waals surface area contributed by atoms with Gasteiger partial charge in [-0.05, 0) is 91.4 Å². The molecule has 0 amide bonds. The summed E-state index contributed by atoms with van der Waals surface area (Å²) in [5.74, 6) is 0.414. The number of hydrogen-bond acceptors (Lipinski definition) is 6. The number of para-hydroxylation sites is 1. The maximum absolute atomic E-state index is 14.5. The molecule has 0 saturated carbocycles. The maximum atomic E-state index is 14.5. The molecule has 8 nitrogen and oxygen atoms in total. The van der Waals surface area contributed by atoms with Crippen molar-refractivity contribution in [3.05, 3.63) is 81.2 Å². The third kappa shape index (κ3) is 4.64. The lowest BCUT2D eigenvalue weighted by Crippen LogP contribution is -2.49. The summed E-state index contributed by atoms with van der Waals surface area (Å²) in [4.78, 5) is 20.9. The Balaban J connectivity index is 1.59. The van der Waals surface area contributed by atoms with Gasteiger partial charge < -0.3 is 9.88 Å². The average molecular weight is 504 g/mol. The van der Waals surface area contributed by atoms with Crippen LogP contribution < -0.4 is 10.5 Å². The Morgan fingerprint density at radius 1 is 1.05 bits per heavy atom. The van der Waals surface area contributed by atoms with Crippen LogP contribution in [0.4, 0.5) is 10.1 Å². The molecule has 2 aromatic carbocycles. The maximum Gasteiger partial charge on any atom is 0.253 e. The number of fused-ring (bicyclic) bond motifs is 1. The number of hydrogen-bond donors (Lipinski definition) is 1. The zero-order valence-electron chi connectivity index (χ0n) is 22.1. The molecule has 4 aromatic rings. The van der Waals surface area contributed by atoms with Crippen LogP contribution in [-0.4, -0.2) is 56.3 Å². The van der Waals surface area contributed by atoms with E-state index < -0.39 is 6.04 Å². The number of halogens is 1. The number of H-pyrrole nitrogens is 1. The van der Waals surface area contributed by atoms with E-state index in [0.29, 0.717) is 43.3 Å². The second-order valence-electron chi connectivity index (χ2n) is 10.6. The van der Waals surface area contributed by atoms with E-state index in [1.165, 1.54) is 6.07 Å². The van der Waals surface area contributed by atoms with E-state index in [1.807, 2.05) is 35.9 Å². The highest BCUT2D eigenvalue weighted by Crippen LogP contribution is 2.32. The predicted molar refractivity (Wildman–Crippen MR) is 144 cm³/mol. The Labute approximate surface area is 216 Å². The van der Waals surface area contributed by atoms with Gasteiger partial charge in [0.1, 0.15) is 11.9 Å². The number of anilines is 1. The van der Waals surface area contributed by atoms with E-state index in [4.69, 9.17) is 0 Å². The van der Waals surface area contributed by atoms with Gasteiger partial charge in [0.15, 0.2) is 5.82 Å². The SMILES string of the molecule is CCC(C)(C)n1nnnc1C(c1cc2cc(C)c(C)cc2[nH]c1=O)N1CCN(c2ccccc2F)CC1. The highest BCUT2D eigenvalue weighted by Gasteiger charge is 2.36. The number of aromatic amines is 1. The van der Waals surface area contributed by atoms with Gasteiger partial charge >= 0.3 is 0 Å². The molecular weight excluding hydrogens is 469 g/mol. The molecule has 1 aliphatic rings. The second-order valence-corrected chi connectivity index (χ2v) is 10.6. The number of aromatic nitrogens is 5. The van der Waals surface area contributed by atoms with Crippen molar-refractivity contribution < 1.29 is 4.39 Å². The third-order valence-corrected chi connectivity index (χ3v) is 7.83. The minimum absolute atomic E-state index is 0.152. The van der Waals surface area contributed by atoms with Crippen LogP contribution in [-0.2, 0) is 5.54 Å². The summed E-state index contributed by atoms with van der Waals surface area (Å²) in [6.07, 6.45) is 0.825. The van der Waals surface area contributed by atoms with Gasteiger partial charge in [0.2, 0.25) is 0 Å². The lowest BCUT2D eigenvalue weighted by Gasteiger charge is -2.40. The lowest BCUT2D eigenvalue weighted by atomic mass is 9.98. The summed E-state index contributed by atoms with van der Waals surface area (Å²) < 4.78 is 16.3. The molecule has 0 radical (unpaired) electrons. The number of aryl methyl sites for hydroxylation is 2. The number of piperazine rings is 1. The highest BCUT2D eigenvalue weighted by atomic mass is 19.1. The Hall–Kier alpha value is -3.59. The molecule has 37 heavy (non-hydrogen) atoms. The fourth-order valence-electron chi connectivity index (χ4n) is 5.07. The fraction of sp³-hybridized carbons (Fsp3) is 0.429. The van der Waals surface area contributed by atoms with E-state index in [-0.39, 0.29) is 16.9 Å². The van der Waals surface area contributed by atoms with Crippen molar-refractivity contribution in [2.45, 2.75) is 52.6 Å². The third-order valence-electron chi connectivity index (χ3n) is 7.83. The van der Waals surface area contributed by atoms with Gasteiger partial charge in [0.25, 0.3) is 5.56 Å². The van der Waals surface area contributed by atoms with Crippen LogP contribution in [0.15, 0.2) is 47.3 Å². The lowest BCUT2D eigenvalue weighted by molar-refractivity contribution is 0.186. The number of tetrazole rings is 1. The molecule has 1 unspecified atom stereocenters. The van der Waals surface area contributed by atoms with Gasteiger partial charge in [0, 0.05) is 37.3 Å². The van der Waals surface area contributed by atoms with Crippen molar-refractivity contribution in [2.75, 3.05) is 31.1 Å². The van der Waals surface area contributed by atoms with Crippen molar-refractivity contribution in [2.24, 2.45) is 0 Å². The van der Waals surface area contributed by atoms with Crippen molar-refractivity contribution in [3.63, 3.8) is 0 Å². The summed E-state index contributed by atoms with van der Waals surface area (Å²) in [7, 11) is 0. The van der Waals surface area contributed by atoms with Crippen LogP contribution in [0.25, 0.3) is 10.9 Å². The van der Waals surface area contributed by atoms with E-state index in [1.54, 1.807) is 6.07 Å². The zero-order chi connectivity index (χ0) is 26.3. The molecule has 1 aliphatic heterocycles. The quantitative estimate of drug-likeness (QED) is 0.422. The van der Waals surface area contributed by atoms with Crippen molar-refractivity contribution in [1.29, 1.82) is 0 Å². The number of nitrogens with one attached hydrogen (secondary N) is 1. The molecule has 1 N–H and O–H groups in total. The first-order valence-electron chi connectivity index (χ1n) is 12.9. The van der Waals surface area contributed by atoms with Crippen LogP contribution >= 0.6 is 0 Å². The van der Waals surface area contributed by atoms with Gasteiger partial charge in [-0.1, -0.05) is 19.1 Å². The van der Waals surface area contributed by atoms with Gasteiger partial charge in [-0.25, -0.2) is 9.07 Å². The summed E-state index contributed by atoms with van der Waals surface area (Å²) in [6.45, 7) is 12.9. The standard InChI is InChI=1S/C28H34FN7O/c1-6-28(4,5)36-26(31-32-33-36)25(21-17-20-15-18(2)19(3)16-23(20)30-27(21)37)35-13-11-34(12-14-35)24-10-8-7-9-22(24)29/h7-10,15-17,25H,6,11-14H2,1-5H3,(H,30,37). The topological polar surface area (TPSA) is 82.9 Å². The Morgan fingerprint density at radius 3 is 2.46 bits per heavy atom. The van der Waals surface area contributed by atoms with Gasteiger partial charge in [-0.3, -0.25) is 9.69 Å². The van der Waals surface area contributed by atoms with E-state index in [9.17, 15) is 9.18 Å². The number of benzene rings is 2. The van der Waals surface area contributed by atoms with E-state index in [0.717, 1.165) is 28.5 Å². The van der Waals surface area contributed by atoms with Crippen molar-refractivity contribution >= 4 is 16.6 Å². The molecule has 194 valence electrons. The molecule has 0 aliphatic carbocycles. The summed E-state index contributed by atoms with van der Waals surface area (Å²) in [5.41, 5.74) is 3.84.